The smallest absolute Gasteiger partial charge is 0.126 e. The number of benzene rings is 1. The molecular weight excluding hydrogens is 220 g/mol. The molecule has 3 heteroatoms. The monoisotopic (exact) mass is 237 g/mol. The fourth-order valence-corrected chi connectivity index (χ4v) is 1.72. The number of nitrogens with one attached hydrogen (secondary N) is 1. The lowest BCUT2D eigenvalue weighted by Gasteiger charge is -1.99. The molecule has 0 aliphatic heterocycles. The van der Waals surface area contributed by atoms with Gasteiger partial charge in [-0.25, -0.2) is 8.78 Å². The molecule has 0 aromatic heterocycles. The molecule has 1 aliphatic rings. The molecule has 0 atom stereocenters. The molecule has 1 aliphatic carbocycles. The molecule has 2 rings (SSSR count). The van der Waals surface area contributed by atoms with E-state index in [9.17, 15) is 8.78 Å². The van der Waals surface area contributed by atoms with Gasteiger partial charge < -0.3 is 5.32 Å². The van der Waals surface area contributed by atoms with Crippen LogP contribution in [0.2, 0.25) is 0 Å². The molecule has 0 spiro atoms. The van der Waals surface area contributed by atoms with Crippen LogP contribution in [0.5, 0.6) is 0 Å². The Morgan fingerprint density at radius 1 is 1.12 bits per heavy atom. The summed E-state index contributed by atoms with van der Waals surface area (Å²) in [5.74, 6) is -1.02. The Hall–Kier alpha value is -1.22. The maximum Gasteiger partial charge on any atom is 0.126 e. The molecule has 0 heterocycles. The van der Waals surface area contributed by atoms with E-state index in [1.54, 1.807) is 0 Å². The molecule has 0 amide bonds. The Balaban J connectivity index is 1.70. The van der Waals surface area contributed by atoms with Crippen LogP contribution in [0.25, 0.3) is 0 Å². The summed E-state index contributed by atoms with van der Waals surface area (Å²) in [6.45, 7) is 0.985. The van der Waals surface area contributed by atoms with Gasteiger partial charge >= 0.3 is 0 Å². The first-order valence-electron chi connectivity index (χ1n) is 6.07. The van der Waals surface area contributed by atoms with E-state index in [2.05, 4.69) is 11.4 Å². The minimum absolute atomic E-state index is 0.510. The molecule has 1 nitrogen and oxygen atoms in total. The first kappa shape index (κ1) is 12.2. The zero-order chi connectivity index (χ0) is 12.1. The number of allylic oxidation sites excluding steroid dienone is 1. The largest absolute Gasteiger partial charge is 0.314 e. The van der Waals surface area contributed by atoms with Crippen LogP contribution < -0.4 is 5.32 Å². The van der Waals surface area contributed by atoms with Gasteiger partial charge in [0.15, 0.2) is 0 Å². The molecule has 0 radical (unpaired) electrons. The fourth-order valence-electron chi connectivity index (χ4n) is 1.72. The minimum Gasteiger partial charge on any atom is -0.314 e. The summed E-state index contributed by atoms with van der Waals surface area (Å²) in [7, 11) is 0. The topological polar surface area (TPSA) is 12.0 Å². The van der Waals surface area contributed by atoms with E-state index in [0.29, 0.717) is 12.0 Å². The summed E-state index contributed by atoms with van der Waals surface area (Å²) >= 11 is 0. The van der Waals surface area contributed by atoms with Gasteiger partial charge in [0.1, 0.15) is 11.6 Å². The van der Waals surface area contributed by atoms with Crippen molar-refractivity contribution in [1.29, 1.82) is 0 Å². The average Bonchev–Trinajstić information content (AvgIpc) is 3.05. The standard InChI is InChI=1S/C14H17F2N/c15-12-8-11(9-13(16)10-12)4-2-1-3-7-17-14-5-6-14/h1-2,8-10,14,17H,3-7H2/b2-1+. The van der Waals surface area contributed by atoms with Crippen LogP contribution in [0, 0.1) is 11.6 Å². The summed E-state index contributed by atoms with van der Waals surface area (Å²) in [6, 6.07) is 4.37. The van der Waals surface area contributed by atoms with Gasteiger partial charge in [-0.05, 0) is 49.9 Å². The highest BCUT2D eigenvalue weighted by Gasteiger charge is 2.19. The minimum atomic E-state index is -0.510. The number of hydrogen-bond acceptors (Lipinski definition) is 1. The second-order valence-corrected chi connectivity index (χ2v) is 4.47. The maximum atomic E-state index is 12.9. The molecule has 92 valence electrons. The van der Waals surface area contributed by atoms with Crippen molar-refractivity contribution in [2.24, 2.45) is 0 Å². The van der Waals surface area contributed by atoms with Crippen LogP contribution in [0.15, 0.2) is 30.4 Å². The van der Waals surface area contributed by atoms with Gasteiger partial charge in [-0.2, -0.15) is 0 Å². The Bertz CT molecular complexity index is 377. The Kier molecular flexibility index (Phi) is 4.26. The van der Waals surface area contributed by atoms with Crippen molar-refractivity contribution in [3.63, 3.8) is 0 Å². The van der Waals surface area contributed by atoms with Crippen LogP contribution >= 0.6 is 0 Å². The van der Waals surface area contributed by atoms with E-state index in [1.807, 2.05) is 6.08 Å². The zero-order valence-corrected chi connectivity index (χ0v) is 9.76. The molecule has 1 fully saturated rings. The maximum absolute atomic E-state index is 12.9. The molecule has 1 aromatic carbocycles. The highest BCUT2D eigenvalue weighted by Crippen LogP contribution is 2.18. The average molecular weight is 237 g/mol. The fraction of sp³-hybridized carbons (Fsp3) is 0.429. The second kappa shape index (κ2) is 5.92. The number of rotatable bonds is 6. The third kappa shape index (κ3) is 4.65. The third-order valence-corrected chi connectivity index (χ3v) is 2.76. The molecular formula is C14H17F2N. The summed E-state index contributed by atoms with van der Waals surface area (Å²) in [5.41, 5.74) is 0.675. The lowest BCUT2D eigenvalue weighted by molar-refractivity contribution is 0.580. The number of hydrogen-bond donors (Lipinski definition) is 1. The van der Waals surface area contributed by atoms with Crippen LogP contribution in [0.3, 0.4) is 0 Å². The predicted octanol–water partition coefficient (Wildman–Crippen LogP) is 3.21. The van der Waals surface area contributed by atoms with Gasteiger partial charge in [0.2, 0.25) is 0 Å². The first-order valence-corrected chi connectivity index (χ1v) is 6.07. The van der Waals surface area contributed by atoms with Crippen molar-refractivity contribution in [1.82, 2.24) is 5.32 Å². The van der Waals surface area contributed by atoms with E-state index in [4.69, 9.17) is 0 Å². The molecule has 1 N–H and O–H groups in total. The van der Waals surface area contributed by atoms with Crippen LogP contribution in [-0.4, -0.2) is 12.6 Å². The van der Waals surface area contributed by atoms with Crippen molar-refractivity contribution in [2.75, 3.05) is 6.54 Å². The quantitative estimate of drug-likeness (QED) is 0.591. The van der Waals surface area contributed by atoms with Gasteiger partial charge in [0, 0.05) is 12.1 Å². The number of halogens is 2. The van der Waals surface area contributed by atoms with Gasteiger partial charge in [0.25, 0.3) is 0 Å². The van der Waals surface area contributed by atoms with E-state index < -0.39 is 11.6 Å². The molecule has 0 bridgehead atoms. The van der Waals surface area contributed by atoms with E-state index in [0.717, 1.165) is 25.1 Å². The van der Waals surface area contributed by atoms with E-state index in [-0.39, 0.29) is 0 Å². The SMILES string of the molecule is Fc1cc(F)cc(C/C=C/CCNC2CC2)c1. The van der Waals surface area contributed by atoms with Crippen LogP contribution in [-0.2, 0) is 6.42 Å². The highest BCUT2D eigenvalue weighted by atomic mass is 19.1. The second-order valence-electron chi connectivity index (χ2n) is 4.47. The summed E-state index contributed by atoms with van der Waals surface area (Å²) in [5, 5.41) is 3.40. The summed E-state index contributed by atoms with van der Waals surface area (Å²) in [6.07, 6.45) is 8.16. The molecule has 0 saturated heterocycles. The van der Waals surface area contributed by atoms with E-state index >= 15 is 0 Å². The predicted molar refractivity (Wildman–Crippen MR) is 64.8 cm³/mol. The van der Waals surface area contributed by atoms with Crippen LogP contribution in [0.1, 0.15) is 24.8 Å². The van der Waals surface area contributed by atoms with Gasteiger partial charge in [-0.1, -0.05) is 12.2 Å². The molecule has 0 unspecified atom stereocenters. The Morgan fingerprint density at radius 2 is 1.82 bits per heavy atom. The summed E-state index contributed by atoms with van der Waals surface area (Å²) in [4.78, 5) is 0. The Labute approximate surface area is 101 Å². The summed E-state index contributed by atoms with van der Waals surface area (Å²) < 4.78 is 25.8. The van der Waals surface area contributed by atoms with Crippen molar-refractivity contribution >= 4 is 0 Å². The first-order chi connectivity index (χ1) is 8.24. The highest BCUT2D eigenvalue weighted by molar-refractivity contribution is 5.20. The molecule has 1 aromatic rings. The van der Waals surface area contributed by atoms with Crippen molar-refractivity contribution in [3.05, 3.63) is 47.5 Å². The zero-order valence-electron chi connectivity index (χ0n) is 9.76. The van der Waals surface area contributed by atoms with Crippen molar-refractivity contribution < 1.29 is 8.78 Å². The third-order valence-electron chi connectivity index (χ3n) is 2.76. The Morgan fingerprint density at radius 3 is 2.47 bits per heavy atom. The van der Waals surface area contributed by atoms with E-state index in [1.165, 1.54) is 25.0 Å². The molecule has 17 heavy (non-hydrogen) atoms. The van der Waals surface area contributed by atoms with Gasteiger partial charge in [-0.15, -0.1) is 0 Å². The normalized spacial score (nSPS) is 15.6. The lowest BCUT2D eigenvalue weighted by Crippen LogP contribution is -2.16. The van der Waals surface area contributed by atoms with Crippen molar-refractivity contribution in [2.45, 2.75) is 31.7 Å². The molecule has 1 saturated carbocycles. The van der Waals surface area contributed by atoms with Gasteiger partial charge in [0.05, 0.1) is 0 Å². The van der Waals surface area contributed by atoms with Crippen LogP contribution in [0.4, 0.5) is 8.78 Å². The lowest BCUT2D eigenvalue weighted by atomic mass is 10.1. The van der Waals surface area contributed by atoms with Crippen molar-refractivity contribution in [3.8, 4) is 0 Å². The van der Waals surface area contributed by atoms with Gasteiger partial charge in [-0.3, -0.25) is 0 Å².